The van der Waals surface area contributed by atoms with Gasteiger partial charge in [-0.05, 0) is 51.0 Å². The second-order valence-corrected chi connectivity index (χ2v) is 10.9. The van der Waals surface area contributed by atoms with Gasteiger partial charge >= 0.3 is 0 Å². The Labute approximate surface area is 134 Å². The summed E-state index contributed by atoms with van der Waals surface area (Å²) < 4.78 is 5.38. The maximum Gasteiger partial charge on any atom is 0.292 e. The molecular formula is C17H27NO3Si. The summed E-state index contributed by atoms with van der Waals surface area (Å²) in [5.74, 6) is -0.126. The van der Waals surface area contributed by atoms with Crippen molar-refractivity contribution < 1.29 is 14.0 Å². The lowest BCUT2D eigenvalue weighted by molar-refractivity contribution is -0.135. The van der Waals surface area contributed by atoms with Crippen molar-refractivity contribution in [2.24, 2.45) is 0 Å². The van der Waals surface area contributed by atoms with Crippen LogP contribution in [0.1, 0.15) is 41.6 Å². The predicted molar refractivity (Wildman–Crippen MR) is 91.4 cm³/mol. The Balaban J connectivity index is 2.15. The summed E-state index contributed by atoms with van der Waals surface area (Å²) in [6.07, 6.45) is 3.06. The third kappa shape index (κ3) is 7.40. The van der Waals surface area contributed by atoms with Crippen molar-refractivity contribution in [1.82, 2.24) is 5.32 Å². The highest BCUT2D eigenvalue weighted by atomic mass is 28.4. The Morgan fingerprint density at radius 2 is 1.77 bits per heavy atom. The van der Waals surface area contributed by atoms with E-state index in [4.69, 9.17) is 4.43 Å². The lowest BCUT2D eigenvalue weighted by Crippen LogP contribution is -2.29. The number of hydrogen-bond acceptors (Lipinski definition) is 3. The van der Waals surface area contributed by atoms with E-state index < -0.39 is 8.32 Å². The fourth-order valence-electron chi connectivity index (χ4n) is 2.09. The first kappa shape index (κ1) is 18.4. The quantitative estimate of drug-likeness (QED) is 0.587. The van der Waals surface area contributed by atoms with Crippen molar-refractivity contribution in [3.05, 3.63) is 35.4 Å². The summed E-state index contributed by atoms with van der Waals surface area (Å²) >= 11 is 0. The molecule has 0 radical (unpaired) electrons. The highest BCUT2D eigenvalue weighted by Gasteiger charge is 2.19. The van der Waals surface area contributed by atoms with Crippen molar-refractivity contribution in [2.75, 3.05) is 6.54 Å². The summed E-state index contributed by atoms with van der Waals surface area (Å²) in [6.45, 7) is 8.58. The largest absolute Gasteiger partial charge is 0.520 e. The number of hydrogen-bond donors (Lipinski definition) is 1. The van der Waals surface area contributed by atoms with Crippen LogP contribution in [0.3, 0.4) is 0 Å². The topological polar surface area (TPSA) is 55.4 Å². The van der Waals surface area contributed by atoms with Gasteiger partial charge in [0.2, 0.25) is 8.32 Å². The van der Waals surface area contributed by atoms with Gasteiger partial charge in [-0.3, -0.25) is 9.59 Å². The number of carbonyl (C=O) groups excluding carboxylic acids is 2. The molecule has 0 spiro atoms. The molecule has 0 heterocycles. The van der Waals surface area contributed by atoms with Crippen LogP contribution in [0.15, 0.2) is 24.3 Å². The van der Waals surface area contributed by atoms with Crippen molar-refractivity contribution in [3.63, 3.8) is 0 Å². The molecule has 0 fully saturated rings. The van der Waals surface area contributed by atoms with E-state index in [-0.39, 0.29) is 11.9 Å². The molecular weight excluding hydrogens is 294 g/mol. The van der Waals surface area contributed by atoms with Crippen molar-refractivity contribution in [2.45, 2.75) is 52.2 Å². The molecule has 0 atom stereocenters. The molecule has 122 valence electrons. The second-order valence-electron chi connectivity index (χ2n) is 6.47. The van der Waals surface area contributed by atoms with Gasteiger partial charge in [0, 0.05) is 18.5 Å². The van der Waals surface area contributed by atoms with Gasteiger partial charge in [0.15, 0.2) is 0 Å². The summed E-state index contributed by atoms with van der Waals surface area (Å²) in [5.41, 5.74) is 1.70. The number of aryl methyl sites for hydroxylation is 1. The van der Waals surface area contributed by atoms with Gasteiger partial charge < -0.3 is 9.74 Å². The minimum absolute atomic E-state index is 0.0313. The lowest BCUT2D eigenvalue weighted by atomic mass is 10.1. The first-order chi connectivity index (χ1) is 10.3. The third-order valence-electron chi connectivity index (χ3n) is 3.15. The third-order valence-corrected chi connectivity index (χ3v) is 3.99. The van der Waals surface area contributed by atoms with Crippen LogP contribution in [0, 0.1) is 6.92 Å². The van der Waals surface area contributed by atoms with E-state index in [9.17, 15) is 9.59 Å². The molecule has 0 saturated heterocycles. The second kappa shape index (κ2) is 8.73. The van der Waals surface area contributed by atoms with Crippen LogP contribution in [0.4, 0.5) is 0 Å². The van der Waals surface area contributed by atoms with E-state index >= 15 is 0 Å². The minimum Gasteiger partial charge on any atom is -0.520 e. The number of unbranched alkanes of at least 4 members (excludes halogenated alkanes) is 2. The molecule has 0 aromatic heterocycles. The van der Waals surface area contributed by atoms with Crippen LogP contribution in [-0.2, 0) is 9.22 Å². The van der Waals surface area contributed by atoms with Gasteiger partial charge in [-0.1, -0.05) is 24.6 Å². The molecule has 0 bridgehead atoms. The van der Waals surface area contributed by atoms with Gasteiger partial charge in [-0.15, -0.1) is 0 Å². The molecule has 0 aliphatic carbocycles. The zero-order valence-electron chi connectivity index (χ0n) is 14.1. The van der Waals surface area contributed by atoms with Crippen LogP contribution < -0.4 is 5.32 Å². The van der Waals surface area contributed by atoms with Crippen molar-refractivity contribution in [1.29, 1.82) is 0 Å². The fourth-order valence-corrected chi connectivity index (χ4v) is 2.87. The first-order valence-corrected chi connectivity index (χ1v) is 11.3. The summed E-state index contributed by atoms with van der Waals surface area (Å²) in [7, 11) is -1.76. The van der Waals surface area contributed by atoms with E-state index in [1.165, 1.54) is 0 Å². The van der Waals surface area contributed by atoms with Gasteiger partial charge in [0.1, 0.15) is 0 Å². The smallest absolute Gasteiger partial charge is 0.292 e. The summed E-state index contributed by atoms with van der Waals surface area (Å²) in [4.78, 5) is 23.5. The number of nitrogens with one attached hydrogen (secondary N) is 1. The van der Waals surface area contributed by atoms with Crippen LogP contribution >= 0.6 is 0 Å². The molecule has 1 aromatic carbocycles. The van der Waals surface area contributed by atoms with E-state index in [0.29, 0.717) is 13.0 Å². The number of amides is 1. The number of benzene rings is 1. The average molecular weight is 321 g/mol. The standard InChI is InChI=1S/C17H27NO3Si/c1-14-10-7-8-11-15(14)17(20)18-13-9-5-6-12-16(19)21-22(2,3)4/h7-8,10-11H,5-6,9,12-13H2,1-4H3,(H,18,20). The first-order valence-electron chi connectivity index (χ1n) is 7.85. The maximum atomic E-state index is 12.0. The monoisotopic (exact) mass is 321 g/mol. The van der Waals surface area contributed by atoms with E-state index in [0.717, 1.165) is 30.4 Å². The predicted octanol–water partition coefficient (Wildman–Crippen LogP) is 3.66. The molecule has 0 saturated carbocycles. The molecule has 1 N–H and O–H groups in total. The average Bonchev–Trinajstić information content (AvgIpc) is 2.41. The Morgan fingerprint density at radius 3 is 2.41 bits per heavy atom. The Hall–Kier alpha value is -1.62. The molecule has 1 amide bonds. The van der Waals surface area contributed by atoms with Gasteiger partial charge in [-0.25, -0.2) is 0 Å². The fraction of sp³-hybridized carbons (Fsp3) is 0.529. The molecule has 0 aliphatic rings. The molecule has 1 aromatic rings. The van der Waals surface area contributed by atoms with Gasteiger partial charge in [-0.2, -0.15) is 0 Å². The highest BCUT2D eigenvalue weighted by molar-refractivity contribution is 6.71. The SMILES string of the molecule is Cc1ccccc1C(=O)NCCCCCC(=O)O[Si](C)(C)C. The Kier molecular flexibility index (Phi) is 7.31. The molecule has 5 heteroatoms. The maximum absolute atomic E-state index is 12.0. The summed E-state index contributed by atoms with van der Waals surface area (Å²) in [5, 5.41) is 2.92. The van der Waals surface area contributed by atoms with Crippen LogP contribution in [-0.4, -0.2) is 26.7 Å². The number of rotatable bonds is 8. The van der Waals surface area contributed by atoms with E-state index in [1.807, 2.05) is 50.8 Å². The zero-order chi connectivity index (χ0) is 16.6. The normalized spacial score (nSPS) is 11.1. The van der Waals surface area contributed by atoms with Gasteiger partial charge in [0.05, 0.1) is 0 Å². The molecule has 4 nitrogen and oxygen atoms in total. The molecule has 0 aliphatic heterocycles. The van der Waals surface area contributed by atoms with Crippen molar-refractivity contribution >= 4 is 20.2 Å². The Morgan fingerprint density at radius 1 is 1.09 bits per heavy atom. The Bertz CT molecular complexity index is 509. The van der Waals surface area contributed by atoms with Crippen LogP contribution in [0.5, 0.6) is 0 Å². The van der Waals surface area contributed by atoms with Crippen LogP contribution in [0.2, 0.25) is 19.6 Å². The zero-order valence-corrected chi connectivity index (χ0v) is 15.1. The number of carbonyl (C=O) groups is 2. The lowest BCUT2D eigenvalue weighted by Gasteiger charge is -2.17. The summed E-state index contributed by atoms with van der Waals surface area (Å²) in [6, 6.07) is 7.55. The van der Waals surface area contributed by atoms with E-state index in [1.54, 1.807) is 0 Å². The molecule has 22 heavy (non-hydrogen) atoms. The van der Waals surface area contributed by atoms with Crippen LogP contribution in [0.25, 0.3) is 0 Å². The highest BCUT2D eigenvalue weighted by Crippen LogP contribution is 2.08. The van der Waals surface area contributed by atoms with Gasteiger partial charge in [0.25, 0.3) is 11.9 Å². The van der Waals surface area contributed by atoms with Crippen molar-refractivity contribution in [3.8, 4) is 0 Å². The molecule has 0 unspecified atom stereocenters. The van der Waals surface area contributed by atoms with E-state index in [2.05, 4.69) is 5.32 Å². The minimum atomic E-state index is -1.76. The molecule has 1 rings (SSSR count).